The second kappa shape index (κ2) is 8.78. The van der Waals surface area contributed by atoms with Gasteiger partial charge in [0.15, 0.2) is 5.69 Å². The molecule has 2 N–H and O–H groups in total. The molecule has 3 rings (SSSR count). The van der Waals surface area contributed by atoms with Crippen molar-refractivity contribution in [3.8, 4) is 5.69 Å². The third-order valence-corrected chi connectivity index (χ3v) is 4.10. The molecule has 1 aromatic carbocycles. The van der Waals surface area contributed by atoms with Crippen molar-refractivity contribution in [3.05, 3.63) is 82.0 Å². The number of halogens is 3. The number of rotatable bonds is 5. The molecular formula is C20H16F3N5O3. The minimum Gasteiger partial charge on any atom is -0.341 e. The zero-order valence-corrected chi connectivity index (χ0v) is 16.1. The average molecular weight is 431 g/mol. The summed E-state index contributed by atoms with van der Waals surface area (Å²) >= 11 is 0. The van der Waals surface area contributed by atoms with Crippen LogP contribution in [0.5, 0.6) is 0 Å². The standard InChI is InChI=1S/C20H16F3N5O3/c1-12-8-16(29)18(19(31)25-11-17(30)26-14-5-3-7-24-10-14)27-28(12)15-6-2-4-13(9-15)20(21,22)23/h2-10H,11H2,1H3,(H,25,31)(H,26,30). The number of aromatic nitrogens is 3. The Bertz CT molecular complexity index is 1180. The lowest BCUT2D eigenvalue weighted by Gasteiger charge is -2.13. The minimum absolute atomic E-state index is 0.0238. The molecule has 0 saturated carbocycles. The number of nitrogens with zero attached hydrogens (tertiary/aromatic N) is 3. The maximum Gasteiger partial charge on any atom is 0.416 e. The number of carbonyl (C=O) groups is 2. The SMILES string of the molecule is Cc1cc(=O)c(C(=O)NCC(=O)Nc2cccnc2)nn1-c1cccc(C(F)(F)F)c1. The maximum absolute atomic E-state index is 13.0. The van der Waals surface area contributed by atoms with Crippen molar-refractivity contribution in [2.75, 3.05) is 11.9 Å². The van der Waals surface area contributed by atoms with Crippen molar-refractivity contribution < 1.29 is 22.8 Å². The molecule has 3 aromatic rings. The van der Waals surface area contributed by atoms with Crippen LogP contribution in [0.4, 0.5) is 18.9 Å². The van der Waals surface area contributed by atoms with Gasteiger partial charge in [-0.2, -0.15) is 18.3 Å². The minimum atomic E-state index is -4.56. The Morgan fingerprint density at radius 2 is 1.90 bits per heavy atom. The Morgan fingerprint density at radius 1 is 1.13 bits per heavy atom. The maximum atomic E-state index is 13.0. The molecule has 0 bridgehead atoms. The van der Waals surface area contributed by atoms with E-state index in [4.69, 9.17) is 0 Å². The molecule has 8 nitrogen and oxygen atoms in total. The van der Waals surface area contributed by atoms with E-state index in [1.807, 2.05) is 0 Å². The molecule has 11 heteroatoms. The highest BCUT2D eigenvalue weighted by molar-refractivity contribution is 5.98. The lowest BCUT2D eigenvalue weighted by Crippen LogP contribution is -2.37. The van der Waals surface area contributed by atoms with E-state index >= 15 is 0 Å². The first-order valence-electron chi connectivity index (χ1n) is 8.92. The van der Waals surface area contributed by atoms with Gasteiger partial charge in [0.2, 0.25) is 11.3 Å². The normalized spacial score (nSPS) is 11.1. The van der Waals surface area contributed by atoms with Crippen molar-refractivity contribution >= 4 is 17.5 Å². The third kappa shape index (κ3) is 5.32. The van der Waals surface area contributed by atoms with Crippen molar-refractivity contribution in [3.63, 3.8) is 0 Å². The highest BCUT2D eigenvalue weighted by Gasteiger charge is 2.30. The summed E-state index contributed by atoms with van der Waals surface area (Å²) in [6.07, 6.45) is -1.63. The molecule has 0 spiro atoms. The fourth-order valence-corrected chi connectivity index (χ4v) is 2.67. The largest absolute Gasteiger partial charge is 0.416 e. The topological polar surface area (TPSA) is 106 Å². The van der Waals surface area contributed by atoms with Gasteiger partial charge in [-0.05, 0) is 37.3 Å². The van der Waals surface area contributed by atoms with Gasteiger partial charge in [0.25, 0.3) is 5.91 Å². The van der Waals surface area contributed by atoms with E-state index in [0.717, 1.165) is 22.9 Å². The Hall–Kier alpha value is -4.02. The van der Waals surface area contributed by atoms with Crippen LogP contribution in [0.15, 0.2) is 59.7 Å². The fourth-order valence-electron chi connectivity index (χ4n) is 2.67. The summed E-state index contributed by atoms with van der Waals surface area (Å²) in [6.45, 7) is 1.02. The number of benzene rings is 1. The molecule has 0 aliphatic rings. The second-order valence-electron chi connectivity index (χ2n) is 6.43. The summed E-state index contributed by atoms with van der Waals surface area (Å²) in [5.41, 5.74) is -1.51. The number of amides is 2. The number of carbonyl (C=O) groups excluding carboxylic acids is 2. The van der Waals surface area contributed by atoms with E-state index in [1.54, 1.807) is 12.1 Å². The molecule has 0 fully saturated rings. The molecular weight excluding hydrogens is 415 g/mol. The van der Waals surface area contributed by atoms with Gasteiger partial charge >= 0.3 is 6.18 Å². The van der Waals surface area contributed by atoms with Crippen LogP contribution in [-0.4, -0.2) is 33.1 Å². The van der Waals surface area contributed by atoms with Crippen LogP contribution in [0, 0.1) is 6.92 Å². The van der Waals surface area contributed by atoms with Crippen LogP contribution in [0.3, 0.4) is 0 Å². The molecule has 0 atom stereocenters. The highest BCUT2D eigenvalue weighted by Crippen LogP contribution is 2.30. The molecule has 0 aliphatic heterocycles. The van der Waals surface area contributed by atoms with E-state index in [0.29, 0.717) is 5.69 Å². The predicted octanol–water partition coefficient (Wildman–Crippen LogP) is 2.32. The van der Waals surface area contributed by atoms with Crippen LogP contribution in [0.1, 0.15) is 21.7 Å². The number of hydrogen-bond donors (Lipinski definition) is 2. The van der Waals surface area contributed by atoms with Gasteiger partial charge in [-0.15, -0.1) is 0 Å². The van der Waals surface area contributed by atoms with Gasteiger partial charge in [0.05, 0.1) is 29.7 Å². The van der Waals surface area contributed by atoms with Crippen LogP contribution in [0.2, 0.25) is 0 Å². The van der Waals surface area contributed by atoms with Gasteiger partial charge in [-0.25, -0.2) is 4.68 Å². The smallest absolute Gasteiger partial charge is 0.341 e. The molecule has 0 saturated heterocycles. The number of aryl methyl sites for hydroxylation is 1. The number of alkyl halides is 3. The van der Waals surface area contributed by atoms with E-state index < -0.39 is 41.2 Å². The lowest BCUT2D eigenvalue weighted by atomic mass is 10.2. The van der Waals surface area contributed by atoms with E-state index in [2.05, 4.69) is 20.7 Å². The summed E-state index contributed by atoms with van der Waals surface area (Å²) in [5.74, 6) is -1.50. The quantitative estimate of drug-likeness (QED) is 0.645. The Kier molecular flexibility index (Phi) is 6.14. The third-order valence-electron chi connectivity index (χ3n) is 4.10. The molecule has 0 unspecified atom stereocenters. The van der Waals surface area contributed by atoms with Crippen molar-refractivity contribution in [2.24, 2.45) is 0 Å². The predicted molar refractivity (Wildman–Crippen MR) is 105 cm³/mol. The molecule has 0 aliphatic carbocycles. The first kappa shape index (κ1) is 21.7. The first-order chi connectivity index (χ1) is 14.6. The molecule has 2 heterocycles. The van der Waals surface area contributed by atoms with E-state index in [1.165, 1.54) is 31.5 Å². The van der Waals surface area contributed by atoms with Gasteiger partial charge in [0, 0.05) is 18.0 Å². The Balaban J connectivity index is 1.80. The number of pyridine rings is 1. The van der Waals surface area contributed by atoms with Crippen molar-refractivity contribution in [1.82, 2.24) is 20.1 Å². The lowest BCUT2D eigenvalue weighted by molar-refractivity contribution is -0.137. The van der Waals surface area contributed by atoms with Crippen LogP contribution >= 0.6 is 0 Å². The average Bonchev–Trinajstić information content (AvgIpc) is 2.72. The monoisotopic (exact) mass is 431 g/mol. The van der Waals surface area contributed by atoms with Gasteiger partial charge < -0.3 is 10.6 Å². The number of anilines is 1. The zero-order chi connectivity index (χ0) is 22.6. The van der Waals surface area contributed by atoms with Crippen molar-refractivity contribution in [1.29, 1.82) is 0 Å². The van der Waals surface area contributed by atoms with Gasteiger partial charge in [-0.1, -0.05) is 6.07 Å². The molecule has 31 heavy (non-hydrogen) atoms. The van der Waals surface area contributed by atoms with Crippen LogP contribution in [0.25, 0.3) is 5.69 Å². The van der Waals surface area contributed by atoms with Crippen LogP contribution in [-0.2, 0) is 11.0 Å². The molecule has 2 amide bonds. The Morgan fingerprint density at radius 3 is 2.58 bits per heavy atom. The highest BCUT2D eigenvalue weighted by atomic mass is 19.4. The summed E-state index contributed by atoms with van der Waals surface area (Å²) in [5, 5.41) is 8.68. The van der Waals surface area contributed by atoms with Crippen LogP contribution < -0.4 is 16.1 Å². The zero-order valence-electron chi connectivity index (χ0n) is 16.1. The summed E-state index contributed by atoms with van der Waals surface area (Å²) in [7, 11) is 0. The fraction of sp³-hybridized carbons (Fsp3) is 0.150. The van der Waals surface area contributed by atoms with Gasteiger partial charge in [-0.3, -0.25) is 19.4 Å². The second-order valence-corrected chi connectivity index (χ2v) is 6.43. The molecule has 0 radical (unpaired) electrons. The summed E-state index contributed by atoms with van der Waals surface area (Å²) < 4.78 is 40.1. The number of hydrogen-bond acceptors (Lipinski definition) is 5. The van der Waals surface area contributed by atoms with Crippen molar-refractivity contribution in [2.45, 2.75) is 13.1 Å². The molecule has 160 valence electrons. The Labute approximate surface area is 173 Å². The molecule has 2 aromatic heterocycles. The number of nitrogens with one attached hydrogen (secondary N) is 2. The van der Waals surface area contributed by atoms with E-state index in [9.17, 15) is 27.6 Å². The van der Waals surface area contributed by atoms with Gasteiger partial charge in [0.1, 0.15) is 0 Å². The summed E-state index contributed by atoms with van der Waals surface area (Å²) in [4.78, 5) is 40.4. The first-order valence-corrected chi connectivity index (χ1v) is 8.92. The summed E-state index contributed by atoms with van der Waals surface area (Å²) in [6, 6.07) is 8.60. The van der Waals surface area contributed by atoms with E-state index in [-0.39, 0.29) is 11.4 Å².